The van der Waals surface area contributed by atoms with Crippen molar-refractivity contribution in [3.05, 3.63) is 33.9 Å². The van der Waals surface area contributed by atoms with E-state index in [9.17, 15) is 24.5 Å². The largest absolute Gasteiger partial charge is 0.445 e. The van der Waals surface area contributed by atoms with Crippen LogP contribution in [0.15, 0.2) is 23.1 Å². The summed E-state index contributed by atoms with van der Waals surface area (Å²) < 4.78 is 21.5. The highest BCUT2D eigenvalue weighted by molar-refractivity contribution is 8.71. The molecular formula is C9H14NO7PS. The number of nitro benzene ring substituents is 1. The summed E-state index contributed by atoms with van der Waals surface area (Å²) in [5.41, 5.74) is 0.146. The zero-order valence-corrected chi connectivity index (χ0v) is 12.2. The maximum atomic E-state index is 11.7. The first kappa shape index (κ1) is 16.1. The molecule has 10 heteroatoms. The Labute approximate surface area is 111 Å². The lowest BCUT2D eigenvalue weighted by atomic mass is 10.2. The summed E-state index contributed by atoms with van der Waals surface area (Å²) in [5.74, 6) is 0. The summed E-state index contributed by atoms with van der Waals surface area (Å²) in [6.45, 7) is -3.23. The first-order chi connectivity index (χ1) is 8.69. The fourth-order valence-electron chi connectivity index (χ4n) is 1.55. The van der Waals surface area contributed by atoms with Crippen LogP contribution in [0, 0.1) is 17.0 Å². The Kier molecular flexibility index (Phi) is 4.72. The van der Waals surface area contributed by atoms with Crippen LogP contribution in [0.5, 0.6) is 0 Å². The van der Waals surface area contributed by atoms with Crippen LogP contribution >= 0.6 is 17.0 Å². The van der Waals surface area contributed by atoms with E-state index in [1.54, 1.807) is 6.92 Å². The Morgan fingerprint density at radius 1 is 1.32 bits per heavy atom. The van der Waals surface area contributed by atoms with E-state index >= 15 is 0 Å². The Balaban J connectivity index is 3.60. The minimum atomic E-state index is -4.79. The van der Waals surface area contributed by atoms with E-state index in [1.165, 1.54) is 12.1 Å². The van der Waals surface area contributed by atoms with E-state index in [0.29, 0.717) is 5.56 Å². The maximum Gasteiger partial charge on any atom is 0.445 e. The van der Waals surface area contributed by atoms with Crippen LogP contribution < -0.4 is 0 Å². The van der Waals surface area contributed by atoms with Gasteiger partial charge in [0.15, 0.2) is 0 Å². The van der Waals surface area contributed by atoms with Gasteiger partial charge in [0.2, 0.25) is 0 Å². The molecule has 0 spiro atoms. The normalized spacial score (nSPS) is 13.3. The number of hydrogen-bond acceptors (Lipinski definition) is 5. The summed E-state index contributed by atoms with van der Waals surface area (Å²) in [4.78, 5) is 29.0. The molecule has 0 fully saturated rings. The van der Waals surface area contributed by atoms with Gasteiger partial charge in [0.1, 0.15) is 0 Å². The molecule has 0 saturated heterocycles. The lowest BCUT2D eigenvalue weighted by Crippen LogP contribution is -2.08. The summed E-state index contributed by atoms with van der Waals surface area (Å²) in [5, 5.41) is 10.8. The van der Waals surface area contributed by atoms with E-state index in [0.717, 1.165) is 20.3 Å². The number of nitrogens with zero attached hydrogens (tertiary/aromatic N) is 1. The van der Waals surface area contributed by atoms with Crippen molar-refractivity contribution in [1.82, 2.24) is 0 Å². The molecule has 108 valence electrons. The second-order valence-electron chi connectivity index (χ2n) is 3.51. The molecule has 0 aromatic heterocycles. The van der Waals surface area contributed by atoms with Gasteiger partial charge in [0.05, 0.1) is 24.0 Å². The molecule has 1 aromatic carbocycles. The molecule has 0 saturated carbocycles. The van der Waals surface area contributed by atoms with Crippen LogP contribution in [0.1, 0.15) is 5.56 Å². The van der Waals surface area contributed by atoms with E-state index in [-0.39, 0.29) is 10.6 Å². The van der Waals surface area contributed by atoms with Crippen LogP contribution in [-0.2, 0) is 12.9 Å². The van der Waals surface area contributed by atoms with Crippen LogP contribution in [0.2, 0.25) is 0 Å². The van der Waals surface area contributed by atoms with Crippen molar-refractivity contribution >= 4 is 22.7 Å². The molecule has 0 aliphatic rings. The van der Waals surface area contributed by atoms with Gasteiger partial charge in [-0.2, -0.15) is 0 Å². The molecule has 19 heavy (non-hydrogen) atoms. The Bertz CT molecular complexity index is 539. The van der Waals surface area contributed by atoms with Crippen molar-refractivity contribution in [3.63, 3.8) is 0 Å². The van der Waals surface area contributed by atoms with Gasteiger partial charge in [-0.3, -0.25) is 18.5 Å². The predicted octanol–water partition coefficient (Wildman–Crippen LogP) is 2.28. The van der Waals surface area contributed by atoms with Crippen LogP contribution in [0.4, 0.5) is 5.69 Å². The number of hydrogen-bond donors (Lipinski definition) is 2. The number of rotatable bonds is 5. The average molecular weight is 311 g/mol. The van der Waals surface area contributed by atoms with Crippen LogP contribution in [-0.4, -0.2) is 28.9 Å². The first-order valence-electron chi connectivity index (χ1n) is 4.95. The number of nitro groups is 1. The van der Waals surface area contributed by atoms with Crippen LogP contribution in [0.25, 0.3) is 0 Å². The monoisotopic (exact) mass is 311 g/mol. The third-order valence-electron chi connectivity index (χ3n) is 2.43. The fraction of sp³-hybridized carbons (Fsp3) is 0.333. The molecule has 8 nitrogen and oxygen atoms in total. The predicted molar refractivity (Wildman–Crippen MR) is 69.8 cm³/mol. The highest BCUT2D eigenvalue weighted by Crippen LogP contribution is 2.82. The summed E-state index contributed by atoms with van der Waals surface area (Å²) in [7, 11) is -1.20. The van der Waals surface area contributed by atoms with Gasteiger partial charge >= 0.3 is 6.80 Å². The molecule has 1 aromatic rings. The topological polar surface area (TPSA) is 119 Å². The van der Waals surface area contributed by atoms with Gasteiger partial charge in [-0.05, 0) is 12.5 Å². The standard InChI is InChI=1S/C9H14NO7PS/c1-7-4-5-8(10(11)12)6-9(7)19(16-2,17-3)18(13,14)15/h4-6H,1-3H3,(H2,13,14,15). The number of non-ortho nitro benzene ring substituents is 1. The molecule has 0 heterocycles. The minimum Gasteiger partial charge on any atom is -0.309 e. The lowest BCUT2D eigenvalue weighted by molar-refractivity contribution is -0.385. The number of aryl methyl sites for hydroxylation is 1. The third kappa shape index (κ3) is 2.81. The van der Waals surface area contributed by atoms with Gasteiger partial charge in [0, 0.05) is 12.1 Å². The Hall–Kier alpha value is -0.960. The second kappa shape index (κ2) is 5.58. The molecule has 0 aliphatic carbocycles. The zero-order chi connectivity index (χ0) is 14.8. The van der Waals surface area contributed by atoms with Crippen molar-refractivity contribution in [1.29, 1.82) is 0 Å². The molecule has 2 N–H and O–H groups in total. The van der Waals surface area contributed by atoms with Crippen molar-refractivity contribution in [2.75, 3.05) is 14.2 Å². The molecule has 0 atom stereocenters. The minimum absolute atomic E-state index is 0.0000309. The Morgan fingerprint density at radius 2 is 1.84 bits per heavy atom. The SMILES string of the molecule is COS(OC)(c1cc([N+](=O)[O-])ccc1C)P(=O)(O)O. The van der Waals surface area contributed by atoms with Gasteiger partial charge in [0.25, 0.3) is 5.69 Å². The van der Waals surface area contributed by atoms with Gasteiger partial charge in [-0.25, -0.2) is 4.57 Å². The lowest BCUT2D eigenvalue weighted by Gasteiger charge is -2.40. The second-order valence-corrected chi connectivity index (χ2v) is 9.41. The van der Waals surface area contributed by atoms with Crippen molar-refractivity contribution in [2.24, 2.45) is 0 Å². The molecule has 0 aliphatic heterocycles. The van der Waals surface area contributed by atoms with E-state index in [4.69, 9.17) is 8.37 Å². The molecular weight excluding hydrogens is 297 g/mol. The number of benzene rings is 1. The molecule has 1 rings (SSSR count). The first-order valence-corrected chi connectivity index (χ1v) is 8.65. The third-order valence-corrected chi connectivity index (χ3v) is 8.31. The van der Waals surface area contributed by atoms with Gasteiger partial charge < -0.3 is 9.79 Å². The molecule has 0 radical (unpaired) electrons. The highest BCUT2D eigenvalue weighted by Gasteiger charge is 2.42. The molecule has 0 amide bonds. The fourth-order valence-corrected chi connectivity index (χ4v) is 5.96. The summed E-state index contributed by atoms with van der Waals surface area (Å²) in [6.07, 6.45) is 0. The summed E-state index contributed by atoms with van der Waals surface area (Å²) >= 11 is 0. The Morgan fingerprint density at radius 3 is 2.21 bits per heavy atom. The van der Waals surface area contributed by atoms with Crippen molar-refractivity contribution < 1.29 is 27.6 Å². The average Bonchev–Trinajstić information content (AvgIpc) is 2.31. The van der Waals surface area contributed by atoms with Crippen molar-refractivity contribution in [3.8, 4) is 0 Å². The van der Waals surface area contributed by atoms with Crippen LogP contribution in [0.3, 0.4) is 0 Å². The van der Waals surface area contributed by atoms with Gasteiger partial charge in [-0.1, -0.05) is 16.3 Å². The highest BCUT2D eigenvalue weighted by atomic mass is 32.8. The van der Waals surface area contributed by atoms with E-state index < -0.39 is 21.9 Å². The molecule has 0 unspecified atom stereocenters. The van der Waals surface area contributed by atoms with Crippen molar-refractivity contribution in [2.45, 2.75) is 11.8 Å². The summed E-state index contributed by atoms with van der Waals surface area (Å²) in [6, 6.07) is 3.70. The maximum absolute atomic E-state index is 11.7. The van der Waals surface area contributed by atoms with E-state index in [1.807, 2.05) is 0 Å². The molecule has 0 bridgehead atoms. The smallest absolute Gasteiger partial charge is 0.309 e. The quantitative estimate of drug-likeness (QED) is 0.486. The van der Waals surface area contributed by atoms with Gasteiger partial charge in [-0.15, -0.1) is 0 Å². The zero-order valence-electron chi connectivity index (χ0n) is 10.5. The van der Waals surface area contributed by atoms with E-state index in [2.05, 4.69) is 0 Å².